The molecule has 0 saturated carbocycles. The summed E-state index contributed by atoms with van der Waals surface area (Å²) in [5.41, 5.74) is 3.40. The molecule has 29 heavy (non-hydrogen) atoms. The van der Waals surface area contributed by atoms with E-state index in [1.54, 1.807) is 6.07 Å². The van der Waals surface area contributed by atoms with Crippen molar-refractivity contribution in [3.8, 4) is 45.9 Å². The van der Waals surface area contributed by atoms with Gasteiger partial charge in [0.2, 0.25) is 5.89 Å². The van der Waals surface area contributed by atoms with Gasteiger partial charge < -0.3 is 19.0 Å². The molecule has 0 saturated heterocycles. The van der Waals surface area contributed by atoms with Crippen molar-refractivity contribution < 1.29 is 19.0 Å². The highest BCUT2D eigenvalue weighted by atomic mass is 35.5. The number of hydrogen-bond acceptors (Lipinski definition) is 6. The van der Waals surface area contributed by atoms with Gasteiger partial charge in [-0.05, 0) is 29.8 Å². The molecule has 7 heteroatoms. The molecule has 2 heterocycles. The van der Waals surface area contributed by atoms with Gasteiger partial charge in [-0.25, -0.2) is 4.98 Å². The molecule has 0 unspecified atom stereocenters. The third-order valence-electron chi connectivity index (χ3n) is 4.72. The number of phenols is 1. The Labute approximate surface area is 170 Å². The summed E-state index contributed by atoms with van der Waals surface area (Å²) >= 11 is 5.96. The van der Waals surface area contributed by atoms with Gasteiger partial charge in [-0.3, -0.25) is 0 Å². The van der Waals surface area contributed by atoms with Crippen LogP contribution in [0.25, 0.3) is 33.7 Å². The van der Waals surface area contributed by atoms with E-state index in [0.717, 1.165) is 11.1 Å². The van der Waals surface area contributed by atoms with Gasteiger partial charge in [-0.15, -0.1) is 0 Å². The second-order valence-corrected chi connectivity index (χ2v) is 6.90. The largest absolute Gasteiger partial charge is 0.506 e. The first kappa shape index (κ1) is 17.4. The molecule has 0 spiro atoms. The summed E-state index contributed by atoms with van der Waals surface area (Å²) in [6.07, 6.45) is 0. The second kappa shape index (κ2) is 6.73. The monoisotopic (exact) mass is 404 g/mol. The van der Waals surface area contributed by atoms with Crippen molar-refractivity contribution >= 4 is 22.7 Å². The van der Waals surface area contributed by atoms with Crippen molar-refractivity contribution in [2.24, 2.45) is 0 Å². The number of phenolic OH excluding ortho intramolecular Hbond substituents is 1. The number of hydrogen-bond donors (Lipinski definition) is 1. The standard InChI is InChI=1S/C22H13ClN2O4/c23-16-9-17-20(10-18(16)26)29-22(25-17)14-3-1-2-13(15(14)11-24)12-4-5-19-21(8-12)28-7-6-27-19/h1-5,8-10,26H,6-7H2. The Morgan fingerprint density at radius 3 is 2.62 bits per heavy atom. The van der Waals surface area contributed by atoms with Crippen LogP contribution in [-0.2, 0) is 0 Å². The maximum Gasteiger partial charge on any atom is 0.228 e. The van der Waals surface area contributed by atoms with Crippen LogP contribution in [0.15, 0.2) is 52.9 Å². The topological polar surface area (TPSA) is 88.5 Å². The Morgan fingerprint density at radius 2 is 1.79 bits per heavy atom. The first-order valence-electron chi connectivity index (χ1n) is 8.86. The minimum Gasteiger partial charge on any atom is -0.506 e. The van der Waals surface area contributed by atoms with Gasteiger partial charge in [0.15, 0.2) is 17.1 Å². The highest BCUT2D eigenvalue weighted by Gasteiger charge is 2.19. The summed E-state index contributed by atoms with van der Waals surface area (Å²) < 4.78 is 17.0. The molecule has 0 aliphatic carbocycles. The van der Waals surface area contributed by atoms with Crippen molar-refractivity contribution in [1.29, 1.82) is 5.26 Å². The average molecular weight is 405 g/mol. The smallest absolute Gasteiger partial charge is 0.228 e. The lowest BCUT2D eigenvalue weighted by molar-refractivity contribution is 0.171. The van der Waals surface area contributed by atoms with Crippen LogP contribution in [0.3, 0.4) is 0 Å². The summed E-state index contributed by atoms with van der Waals surface area (Å²) in [6, 6.07) is 16.2. The number of oxazole rings is 1. The van der Waals surface area contributed by atoms with E-state index in [0.29, 0.717) is 46.9 Å². The van der Waals surface area contributed by atoms with E-state index in [4.69, 9.17) is 25.5 Å². The Kier molecular flexibility index (Phi) is 4.04. The zero-order valence-electron chi connectivity index (χ0n) is 15.0. The van der Waals surface area contributed by atoms with Gasteiger partial charge in [0.25, 0.3) is 0 Å². The highest BCUT2D eigenvalue weighted by Crippen LogP contribution is 2.39. The summed E-state index contributed by atoms with van der Waals surface area (Å²) in [7, 11) is 0. The Bertz CT molecular complexity index is 1270. The predicted molar refractivity (Wildman–Crippen MR) is 107 cm³/mol. The van der Waals surface area contributed by atoms with Crippen LogP contribution >= 0.6 is 11.6 Å². The lowest BCUT2D eigenvalue weighted by Crippen LogP contribution is -2.15. The molecule has 1 aromatic heterocycles. The fourth-order valence-electron chi connectivity index (χ4n) is 3.36. The third-order valence-corrected chi connectivity index (χ3v) is 5.02. The minimum atomic E-state index is -0.0904. The number of aromatic nitrogens is 1. The normalized spacial score (nSPS) is 12.7. The molecule has 1 N–H and O–H groups in total. The van der Waals surface area contributed by atoms with E-state index >= 15 is 0 Å². The fraction of sp³-hybridized carbons (Fsp3) is 0.0909. The number of benzene rings is 3. The van der Waals surface area contributed by atoms with Crippen LogP contribution in [0.5, 0.6) is 17.2 Å². The number of ether oxygens (including phenoxy) is 2. The van der Waals surface area contributed by atoms with E-state index in [-0.39, 0.29) is 16.7 Å². The van der Waals surface area contributed by atoms with Crippen molar-refractivity contribution in [3.63, 3.8) is 0 Å². The van der Waals surface area contributed by atoms with Crippen LogP contribution in [0, 0.1) is 11.3 Å². The van der Waals surface area contributed by atoms with Crippen molar-refractivity contribution in [1.82, 2.24) is 4.98 Å². The van der Waals surface area contributed by atoms with E-state index in [1.807, 2.05) is 30.3 Å². The number of fused-ring (bicyclic) bond motifs is 2. The maximum absolute atomic E-state index is 9.89. The quantitative estimate of drug-likeness (QED) is 0.496. The zero-order valence-corrected chi connectivity index (χ0v) is 15.7. The number of rotatable bonds is 2. The van der Waals surface area contributed by atoms with Gasteiger partial charge in [-0.2, -0.15) is 5.26 Å². The summed E-state index contributed by atoms with van der Waals surface area (Å²) in [5.74, 6) is 1.52. The van der Waals surface area contributed by atoms with Crippen LogP contribution in [0.1, 0.15) is 5.56 Å². The predicted octanol–water partition coefficient (Wildman–Crippen LogP) is 5.16. The van der Waals surface area contributed by atoms with E-state index in [2.05, 4.69) is 11.1 Å². The molecule has 3 aromatic carbocycles. The first-order valence-corrected chi connectivity index (χ1v) is 9.24. The van der Waals surface area contributed by atoms with Crippen LogP contribution < -0.4 is 9.47 Å². The second-order valence-electron chi connectivity index (χ2n) is 6.49. The van der Waals surface area contributed by atoms with E-state index < -0.39 is 0 Å². The average Bonchev–Trinajstić information content (AvgIpc) is 3.15. The summed E-state index contributed by atoms with van der Waals surface area (Å²) in [6.45, 7) is 1.00. The molecule has 0 atom stereocenters. The molecule has 1 aliphatic rings. The number of halogens is 1. The Morgan fingerprint density at radius 1 is 1.00 bits per heavy atom. The summed E-state index contributed by atoms with van der Waals surface area (Å²) in [4.78, 5) is 4.44. The lowest BCUT2D eigenvalue weighted by Gasteiger charge is -2.19. The molecule has 0 amide bonds. The molecule has 4 aromatic rings. The molecule has 0 radical (unpaired) electrons. The Hall–Kier alpha value is -3.69. The van der Waals surface area contributed by atoms with Gasteiger partial charge in [-0.1, -0.05) is 29.8 Å². The van der Waals surface area contributed by atoms with Gasteiger partial charge in [0.1, 0.15) is 30.5 Å². The number of nitriles is 1. The third kappa shape index (κ3) is 2.93. The van der Waals surface area contributed by atoms with Crippen LogP contribution in [0.4, 0.5) is 0 Å². The minimum absolute atomic E-state index is 0.0904. The molecular formula is C22H13ClN2O4. The van der Waals surface area contributed by atoms with Gasteiger partial charge >= 0.3 is 0 Å². The molecule has 6 nitrogen and oxygen atoms in total. The number of nitrogens with zero attached hydrogens (tertiary/aromatic N) is 2. The van der Waals surface area contributed by atoms with E-state index in [1.165, 1.54) is 12.1 Å². The SMILES string of the molecule is N#Cc1c(-c2ccc3c(c2)OCCO3)cccc1-c1nc2cc(Cl)c(O)cc2o1. The Balaban J connectivity index is 1.66. The van der Waals surface area contributed by atoms with Gasteiger partial charge in [0.05, 0.1) is 16.1 Å². The first-order chi connectivity index (χ1) is 14.1. The highest BCUT2D eigenvalue weighted by molar-refractivity contribution is 6.32. The molecule has 142 valence electrons. The van der Waals surface area contributed by atoms with Crippen LogP contribution in [0.2, 0.25) is 5.02 Å². The maximum atomic E-state index is 9.89. The molecule has 0 bridgehead atoms. The summed E-state index contributed by atoms with van der Waals surface area (Å²) in [5, 5.41) is 19.9. The molecular weight excluding hydrogens is 392 g/mol. The number of aromatic hydroxyl groups is 1. The molecule has 0 fully saturated rings. The van der Waals surface area contributed by atoms with Gasteiger partial charge in [0, 0.05) is 11.6 Å². The van der Waals surface area contributed by atoms with Crippen molar-refractivity contribution in [3.05, 3.63) is 59.1 Å². The molecule has 5 rings (SSSR count). The zero-order chi connectivity index (χ0) is 20.0. The fourth-order valence-corrected chi connectivity index (χ4v) is 3.51. The van der Waals surface area contributed by atoms with Crippen molar-refractivity contribution in [2.45, 2.75) is 0 Å². The lowest BCUT2D eigenvalue weighted by atomic mass is 9.95. The van der Waals surface area contributed by atoms with E-state index in [9.17, 15) is 10.4 Å². The molecule has 1 aliphatic heterocycles. The van der Waals surface area contributed by atoms with Crippen molar-refractivity contribution in [2.75, 3.05) is 13.2 Å². The van der Waals surface area contributed by atoms with Crippen LogP contribution in [-0.4, -0.2) is 23.3 Å².